The highest BCUT2D eigenvalue weighted by Crippen LogP contribution is 2.12. The Kier molecular flexibility index (Phi) is 6.93. The summed E-state index contributed by atoms with van der Waals surface area (Å²) >= 11 is 0. The number of hydrogen-bond acceptors (Lipinski definition) is 5. The Morgan fingerprint density at radius 1 is 1.40 bits per heavy atom. The van der Waals surface area contributed by atoms with Crippen LogP contribution in [0.4, 0.5) is 16.2 Å². The van der Waals surface area contributed by atoms with Gasteiger partial charge in [-0.2, -0.15) is 10.2 Å². The first-order valence-corrected chi connectivity index (χ1v) is 8.13. The third-order valence-corrected chi connectivity index (χ3v) is 3.66. The topological polar surface area (TPSA) is 91.7 Å². The van der Waals surface area contributed by atoms with Gasteiger partial charge in [0, 0.05) is 18.9 Å². The Balaban J connectivity index is 1.86. The molecule has 3 N–H and O–H groups in total. The smallest absolute Gasteiger partial charge is 0.323 e. The fourth-order valence-corrected chi connectivity index (χ4v) is 2.34. The van der Waals surface area contributed by atoms with E-state index >= 15 is 0 Å². The van der Waals surface area contributed by atoms with E-state index in [1.54, 1.807) is 17.9 Å². The molecule has 2 rings (SSSR count). The molecule has 0 radical (unpaired) electrons. The summed E-state index contributed by atoms with van der Waals surface area (Å²) in [5.41, 5.74) is 2.44. The number of hydrogen-bond donors (Lipinski definition) is 3. The normalized spacial score (nSPS) is 12.2. The van der Waals surface area contributed by atoms with Crippen LogP contribution in [0.2, 0.25) is 0 Å². The van der Waals surface area contributed by atoms with Gasteiger partial charge >= 0.3 is 6.03 Å². The fourth-order valence-electron chi connectivity index (χ4n) is 2.34. The monoisotopic (exact) mass is 347 g/mol. The minimum atomic E-state index is -0.636. The number of carbonyl (C=O) groups excluding carboxylic acids is 1. The highest BCUT2D eigenvalue weighted by molar-refractivity contribution is 5.99. The number of aromatic nitrogens is 2. The second-order valence-electron chi connectivity index (χ2n) is 5.73. The average molecular weight is 347 g/mol. The summed E-state index contributed by atoms with van der Waals surface area (Å²) in [6, 6.07) is 7.35. The van der Waals surface area contributed by atoms with Crippen LogP contribution in [0.1, 0.15) is 12.5 Å². The molecule has 2 aromatic rings. The van der Waals surface area contributed by atoms with Crippen LogP contribution in [0.15, 0.2) is 36.7 Å². The van der Waals surface area contributed by atoms with Gasteiger partial charge in [-0.15, -0.1) is 0 Å². The molecule has 2 amide bonds. The Bertz CT molecular complexity index is 688. The van der Waals surface area contributed by atoms with Crippen LogP contribution >= 0.6 is 0 Å². The molecule has 0 fully saturated rings. The number of aliphatic hydroxyl groups is 1. The van der Waals surface area contributed by atoms with Crippen molar-refractivity contribution >= 4 is 17.4 Å². The average Bonchev–Trinajstić information content (AvgIpc) is 3.01. The number of nitrogens with zero attached hydrogens (tertiary/aromatic N) is 3. The first kappa shape index (κ1) is 18.9. The molecule has 0 aliphatic heterocycles. The van der Waals surface area contributed by atoms with Gasteiger partial charge in [-0.3, -0.25) is 4.68 Å². The van der Waals surface area contributed by atoms with E-state index in [2.05, 4.69) is 22.7 Å². The number of aryl methyl sites for hydroxylation is 1. The molecule has 8 nitrogen and oxygen atoms in total. The van der Waals surface area contributed by atoms with Crippen molar-refractivity contribution in [2.45, 2.75) is 26.0 Å². The highest BCUT2D eigenvalue weighted by Gasteiger charge is 2.11. The van der Waals surface area contributed by atoms with Gasteiger partial charge in [-0.1, -0.05) is 19.1 Å². The molecule has 0 saturated heterocycles. The third-order valence-electron chi connectivity index (χ3n) is 3.66. The van der Waals surface area contributed by atoms with Crippen LogP contribution in [-0.2, 0) is 17.8 Å². The molecule has 8 heteroatoms. The van der Waals surface area contributed by atoms with Crippen LogP contribution in [0.25, 0.3) is 0 Å². The number of aliphatic hydroxyl groups excluding tert-OH is 1. The van der Waals surface area contributed by atoms with E-state index in [1.807, 2.05) is 24.3 Å². The molecular formula is C17H25N5O3. The predicted octanol–water partition coefficient (Wildman–Crippen LogP) is 1.94. The fraction of sp³-hybridized carbons (Fsp3) is 0.412. The van der Waals surface area contributed by atoms with Gasteiger partial charge in [0.05, 0.1) is 38.2 Å². The number of rotatable bonds is 8. The number of hydroxylamine groups is 2. The molecule has 0 spiro atoms. The van der Waals surface area contributed by atoms with E-state index in [0.717, 1.165) is 17.7 Å². The molecule has 136 valence electrons. The van der Waals surface area contributed by atoms with E-state index in [0.29, 0.717) is 18.8 Å². The second kappa shape index (κ2) is 9.16. The number of amides is 2. The van der Waals surface area contributed by atoms with Crippen molar-refractivity contribution in [1.82, 2.24) is 14.8 Å². The molecule has 25 heavy (non-hydrogen) atoms. The zero-order valence-corrected chi connectivity index (χ0v) is 14.8. The maximum Gasteiger partial charge on any atom is 0.323 e. The van der Waals surface area contributed by atoms with E-state index in [1.165, 1.54) is 18.4 Å². The summed E-state index contributed by atoms with van der Waals surface area (Å²) in [6.45, 7) is 2.72. The number of nitrogens with one attached hydrogen (secondary N) is 2. The lowest BCUT2D eigenvalue weighted by atomic mass is 10.1. The zero-order chi connectivity index (χ0) is 18.2. The van der Waals surface area contributed by atoms with E-state index in [-0.39, 0.29) is 6.03 Å². The van der Waals surface area contributed by atoms with Crippen LogP contribution in [0.5, 0.6) is 0 Å². The quantitative estimate of drug-likeness (QED) is 0.635. The largest absolute Gasteiger partial charge is 0.390 e. The lowest BCUT2D eigenvalue weighted by Crippen LogP contribution is -2.31. The van der Waals surface area contributed by atoms with Crippen molar-refractivity contribution in [1.29, 1.82) is 0 Å². The molecular weight excluding hydrogens is 322 g/mol. The van der Waals surface area contributed by atoms with Crippen molar-refractivity contribution in [2.75, 3.05) is 31.3 Å². The number of anilines is 2. The molecule has 1 unspecified atom stereocenters. The third kappa shape index (κ3) is 6.18. The highest BCUT2D eigenvalue weighted by atomic mass is 16.7. The standard InChI is InChI=1S/C17H25N5O3/c1-4-13-6-5-7-14(8-13)19-17(24)20-15-9-18-22(10-15)12-16(23)11-21(2)25-3/h5-10,16,23H,4,11-12H2,1-3H3,(H2,19,20,24). The van der Waals surface area contributed by atoms with Gasteiger partial charge in [0.25, 0.3) is 0 Å². The van der Waals surface area contributed by atoms with Gasteiger partial charge in [0.15, 0.2) is 0 Å². The van der Waals surface area contributed by atoms with Gasteiger partial charge in [-0.25, -0.2) is 4.79 Å². The van der Waals surface area contributed by atoms with Crippen molar-refractivity contribution in [3.05, 3.63) is 42.2 Å². The maximum atomic E-state index is 12.1. The maximum absolute atomic E-state index is 12.1. The molecule has 0 saturated carbocycles. The molecule has 1 heterocycles. The summed E-state index contributed by atoms with van der Waals surface area (Å²) in [5.74, 6) is 0. The zero-order valence-electron chi connectivity index (χ0n) is 14.8. The number of urea groups is 1. The van der Waals surface area contributed by atoms with Crippen LogP contribution in [-0.4, -0.2) is 52.8 Å². The van der Waals surface area contributed by atoms with Gasteiger partial charge in [0.2, 0.25) is 0 Å². The van der Waals surface area contributed by atoms with E-state index in [4.69, 9.17) is 4.84 Å². The van der Waals surface area contributed by atoms with Gasteiger partial charge in [-0.05, 0) is 24.1 Å². The molecule has 1 aromatic heterocycles. The van der Waals surface area contributed by atoms with Gasteiger partial charge in [0.1, 0.15) is 0 Å². The summed E-state index contributed by atoms with van der Waals surface area (Å²) in [5, 5.41) is 21.1. The summed E-state index contributed by atoms with van der Waals surface area (Å²) < 4.78 is 1.57. The minimum absolute atomic E-state index is 0.301. The predicted molar refractivity (Wildman–Crippen MR) is 96.3 cm³/mol. The molecule has 0 bridgehead atoms. The molecule has 0 aliphatic carbocycles. The van der Waals surface area contributed by atoms with Gasteiger partial charge < -0.3 is 20.6 Å². The number of benzene rings is 1. The Labute approximate surface area is 147 Å². The Hall–Kier alpha value is -2.42. The van der Waals surface area contributed by atoms with Crippen molar-refractivity contribution in [3.8, 4) is 0 Å². The van der Waals surface area contributed by atoms with Crippen LogP contribution < -0.4 is 10.6 Å². The lowest BCUT2D eigenvalue weighted by Gasteiger charge is -2.17. The van der Waals surface area contributed by atoms with Crippen molar-refractivity contribution in [2.24, 2.45) is 0 Å². The molecule has 1 aromatic carbocycles. The molecule has 0 aliphatic rings. The van der Waals surface area contributed by atoms with Crippen molar-refractivity contribution in [3.63, 3.8) is 0 Å². The Morgan fingerprint density at radius 3 is 2.88 bits per heavy atom. The number of carbonyl (C=O) groups is 1. The second-order valence-corrected chi connectivity index (χ2v) is 5.73. The van der Waals surface area contributed by atoms with Crippen molar-refractivity contribution < 1.29 is 14.7 Å². The van der Waals surface area contributed by atoms with E-state index < -0.39 is 6.10 Å². The number of likely N-dealkylation sites (N-methyl/N-ethyl adjacent to an activating group) is 1. The SMILES string of the molecule is CCc1cccc(NC(=O)Nc2cnn(CC(O)CN(C)OC)c2)c1. The summed E-state index contributed by atoms with van der Waals surface area (Å²) in [6.07, 6.45) is 3.47. The van der Waals surface area contributed by atoms with Crippen LogP contribution in [0.3, 0.4) is 0 Å². The minimum Gasteiger partial charge on any atom is -0.390 e. The Morgan fingerprint density at radius 2 is 2.16 bits per heavy atom. The lowest BCUT2D eigenvalue weighted by molar-refractivity contribution is -0.129. The molecule has 1 atom stereocenters. The first-order valence-electron chi connectivity index (χ1n) is 8.13. The first-order chi connectivity index (χ1) is 12.0. The summed E-state index contributed by atoms with van der Waals surface area (Å²) in [4.78, 5) is 17.0. The van der Waals surface area contributed by atoms with E-state index in [9.17, 15) is 9.90 Å². The summed E-state index contributed by atoms with van der Waals surface area (Å²) in [7, 11) is 3.27. The van der Waals surface area contributed by atoms with Crippen LogP contribution in [0, 0.1) is 0 Å².